The van der Waals surface area contributed by atoms with Crippen molar-refractivity contribution in [2.45, 2.75) is 50.4 Å². The number of benzene rings is 2. The lowest BCUT2D eigenvalue weighted by Crippen LogP contribution is -2.48. The van der Waals surface area contributed by atoms with E-state index >= 15 is 0 Å². The Hall–Kier alpha value is -2.94. The van der Waals surface area contributed by atoms with Gasteiger partial charge in [-0.15, -0.1) is 0 Å². The summed E-state index contributed by atoms with van der Waals surface area (Å²) in [7, 11) is 1.50. The fourth-order valence-corrected chi connectivity index (χ4v) is 4.67. The van der Waals surface area contributed by atoms with Gasteiger partial charge in [-0.05, 0) is 50.1 Å². The van der Waals surface area contributed by atoms with Gasteiger partial charge in [0.2, 0.25) is 5.91 Å². The van der Waals surface area contributed by atoms with Crippen molar-refractivity contribution in [3.8, 4) is 0 Å². The summed E-state index contributed by atoms with van der Waals surface area (Å²) in [6, 6.07) is 16.1. The second-order valence-electron chi connectivity index (χ2n) is 10.0. The van der Waals surface area contributed by atoms with Gasteiger partial charge in [-0.25, -0.2) is 4.39 Å². The molecule has 2 heterocycles. The minimum absolute atomic E-state index is 0.0196. The van der Waals surface area contributed by atoms with Gasteiger partial charge in [0.05, 0.1) is 50.0 Å². The molecule has 0 aliphatic carbocycles. The number of ether oxygens (including phenoxy) is 1. The minimum Gasteiger partial charge on any atom is -0.395 e. The number of nitrogens with two attached hydrogens (primary N) is 2. The first-order chi connectivity index (χ1) is 21.0. The number of carbonyl (C=O) groups is 1. The SMILES string of the molecule is CN.Cc1ccc([C@@H](CC(=O)Nc2cncc(F)c2CC[C@@H]2CN[C@H](CO)CO2)c2ccc(Br)cc2)cc1.NCC(F)(F)F. The van der Waals surface area contributed by atoms with E-state index in [1.165, 1.54) is 19.4 Å². The number of aliphatic hydroxyl groups excluding tert-OH is 1. The summed E-state index contributed by atoms with van der Waals surface area (Å²) < 4.78 is 53.5. The predicted molar refractivity (Wildman–Crippen MR) is 167 cm³/mol. The van der Waals surface area contributed by atoms with E-state index in [2.05, 4.69) is 43.0 Å². The van der Waals surface area contributed by atoms with E-state index in [9.17, 15) is 27.5 Å². The second-order valence-corrected chi connectivity index (χ2v) is 10.9. The molecule has 1 fully saturated rings. The molecule has 2 aromatic carbocycles. The summed E-state index contributed by atoms with van der Waals surface area (Å²) in [5.74, 6) is -0.809. The molecule has 1 saturated heterocycles. The summed E-state index contributed by atoms with van der Waals surface area (Å²) >= 11 is 3.47. The normalized spacial score (nSPS) is 17.0. The van der Waals surface area contributed by atoms with Crippen molar-refractivity contribution in [1.82, 2.24) is 10.3 Å². The zero-order chi connectivity index (χ0) is 32.7. The van der Waals surface area contributed by atoms with Gasteiger partial charge >= 0.3 is 6.18 Å². The smallest absolute Gasteiger partial charge is 0.395 e. The van der Waals surface area contributed by atoms with Crippen LogP contribution in [0.1, 0.15) is 41.0 Å². The zero-order valence-corrected chi connectivity index (χ0v) is 26.3. The number of anilines is 1. The van der Waals surface area contributed by atoms with Gasteiger partial charge < -0.3 is 31.9 Å². The van der Waals surface area contributed by atoms with E-state index in [0.29, 0.717) is 37.2 Å². The third-order valence-corrected chi connectivity index (χ3v) is 7.28. The number of pyridine rings is 1. The number of hydrogen-bond donors (Lipinski definition) is 5. The quantitative estimate of drug-likeness (QED) is 0.204. The molecule has 1 aliphatic rings. The van der Waals surface area contributed by atoms with E-state index in [-0.39, 0.29) is 37.0 Å². The fourth-order valence-electron chi connectivity index (χ4n) is 4.41. The molecule has 7 N–H and O–H groups in total. The van der Waals surface area contributed by atoms with Crippen LogP contribution >= 0.6 is 15.9 Å². The third kappa shape index (κ3) is 12.6. The van der Waals surface area contributed by atoms with Crippen molar-refractivity contribution in [2.24, 2.45) is 11.5 Å². The first kappa shape index (κ1) is 37.2. The largest absolute Gasteiger partial charge is 0.400 e. The van der Waals surface area contributed by atoms with Crippen LogP contribution in [0.15, 0.2) is 65.4 Å². The molecule has 3 aromatic rings. The van der Waals surface area contributed by atoms with Crippen molar-refractivity contribution < 1.29 is 32.2 Å². The number of halogens is 5. The molecule has 0 saturated carbocycles. The van der Waals surface area contributed by atoms with Crippen molar-refractivity contribution in [1.29, 1.82) is 0 Å². The van der Waals surface area contributed by atoms with Crippen LogP contribution in [0.5, 0.6) is 0 Å². The Balaban J connectivity index is 0.000000755. The maximum atomic E-state index is 14.7. The number of nitrogens with zero attached hydrogens (tertiary/aromatic N) is 1. The predicted octanol–water partition coefficient (Wildman–Crippen LogP) is 4.82. The molecular weight excluding hydrogens is 646 g/mol. The summed E-state index contributed by atoms with van der Waals surface area (Å²) in [4.78, 5) is 17.2. The Kier molecular flexibility index (Phi) is 15.9. The van der Waals surface area contributed by atoms with Crippen LogP contribution in [0.3, 0.4) is 0 Å². The van der Waals surface area contributed by atoms with E-state index in [1.807, 2.05) is 55.5 Å². The Morgan fingerprint density at radius 1 is 1.14 bits per heavy atom. The highest BCUT2D eigenvalue weighted by atomic mass is 79.9. The topological polar surface area (TPSA) is 136 Å². The Bertz CT molecular complexity index is 1230. The number of alkyl halides is 3. The van der Waals surface area contributed by atoms with Crippen LogP contribution in [0.4, 0.5) is 23.2 Å². The lowest BCUT2D eigenvalue weighted by molar-refractivity contribution is -0.118. The molecule has 0 radical (unpaired) electrons. The summed E-state index contributed by atoms with van der Waals surface area (Å²) in [6.45, 7) is 1.83. The molecule has 44 heavy (non-hydrogen) atoms. The number of nitrogens with one attached hydrogen (secondary N) is 2. The van der Waals surface area contributed by atoms with Crippen molar-refractivity contribution in [3.05, 3.63) is 93.5 Å². The van der Waals surface area contributed by atoms with Crippen LogP contribution in [0, 0.1) is 12.7 Å². The first-order valence-electron chi connectivity index (χ1n) is 14.0. The minimum atomic E-state index is -4.18. The number of aliphatic hydroxyl groups is 1. The Morgan fingerprint density at radius 3 is 2.25 bits per heavy atom. The van der Waals surface area contributed by atoms with Gasteiger partial charge in [0.15, 0.2) is 0 Å². The number of aromatic nitrogens is 1. The van der Waals surface area contributed by atoms with Crippen molar-refractivity contribution >= 4 is 27.5 Å². The van der Waals surface area contributed by atoms with Gasteiger partial charge in [-0.3, -0.25) is 9.78 Å². The lowest BCUT2D eigenvalue weighted by atomic mass is 9.88. The monoisotopic (exact) mass is 685 g/mol. The summed E-state index contributed by atoms with van der Waals surface area (Å²) in [6.07, 6.45) is -0.415. The highest BCUT2D eigenvalue weighted by Crippen LogP contribution is 2.30. The van der Waals surface area contributed by atoms with Gasteiger partial charge in [0.1, 0.15) is 5.82 Å². The van der Waals surface area contributed by atoms with Crippen LogP contribution in [-0.4, -0.2) is 67.7 Å². The summed E-state index contributed by atoms with van der Waals surface area (Å²) in [5.41, 5.74) is 12.7. The molecule has 13 heteroatoms. The molecule has 0 spiro atoms. The highest BCUT2D eigenvalue weighted by Gasteiger charge is 2.24. The number of amides is 1. The molecule has 1 aromatic heterocycles. The molecule has 242 valence electrons. The van der Waals surface area contributed by atoms with E-state index < -0.39 is 18.5 Å². The molecule has 1 amide bonds. The maximum Gasteiger partial charge on any atom is 0.400 e. The van der Waals surface area contributed by atoms with Gasteiger partial charge in [0, 0.05) is 28.9 Å². The Labute approximate surface area is 263 Å². The fraction of sp³-hybridized carbons (Fsp3) is 0.419. The van der Waals surface area contributed by atoms with E-state index in [1.54, 1.807) is 0 Å². The molecule has 4 rings (SSSR count). The second kappa shape index (κ2) is 18.8. The van der Waals surface area contributed by atoms with Crippen LogP contribution in [0.25, 0.3) is 0 Å². The van der Waals surface area contributed by atoms with Crippen molar-refractivity contribution in [2.75, 3.05) is 38.7 Å². The molecule has 0 unspecified atom stereocenters. The number of morpholine rings is 1. The standard InChI is InChI=1S/C28H31BrFN3O3.C2H4F3N.CH5N/c1-18-2-4-19(5-3-18)25(20-6-8-21(29)9-7-20)12-28(35)33-27-15-31-14-26(30)24(27)11-10-23-13-32-22(16-34)17-36-23;3-2(4,5)1-6;1-2/h2-9,14-15,22-23,25,32,34H,10-13,16-17H2,1H3,(H,33,35);1,6H2;2H2,1H3/t22-,23-,25-;;/m1../s1. The zero-order valence-electron chi connectivity index (χ0n) is 24.7. The van der Waals surface area contributed by atoms with Crippen LogP contribution in [-0.2, 0) is 16.0 Å². The van der Waals surface area contributed by atoms with Gasteiger partial charge in [-0.2, -0.15) is 13.2 Å². The van der Waals surface area contributed by atoms with Gasteiger partial charge in [0.25, 0.3) is 0 Å². The average Bonchev–Trinajstić information content (AvgIpc) is 3.02. The van der Waals surface area contributed by atoms with E-state index in [0.717, 1.165) is 21.2 Å². The molecule has 3 atom stereocenters. The van der Waals surface area contributed by atoms with Crippen LogP contribution in [0.2, 0.25) is 0 Å². The summed E-state index contributed by atoms with van der Waals surface area (Å²) in [5, 5.41) is 15.4. The van der Waals surface area contributed by atoms with Crippen molar-refractivity contribution in [3.63, 3.8) is 0 Å². The molecule has 1 aliphatic heterocycles. The molecular formula is C31H40BrF4N5O3. The number of aryl methyl sites for hydroxylation is 1. The molecule has 8 nitrogen and oxygen atoms in total. The lowest BCUT2D eigenvalue weighted by Gasteiger charge is -2.29. The number of carbonyl (C=O) groups excluding carboxylic acids is 1. The number of hydrogen-bond acceptors (Lipinski definition) is 7. The highest BCUT2D eigenvalue weighted by molar-refractivity contribution is 9.10. The first-order valence-corrected chi connectivity index (χ1v) is 14.8. The number of rotatable bonds is 9. The molecule has 0 bridgehead atoms. The maximum absolute atomic E-state index is 14.7. The average molecular weight is 687 g/mol. The van der Waals surface area contributed by atoms with Gasteiger partial charge in [-0.1, -0.05) is 57.9 Å². The Morgan fingerprint density at radius 2 is 1.73 bits per heavy atom. The van der Waals surface area contributed by atoms with E-state index in [4.69, 9.17) is 4.74 Å². The third-order valence-electron chi connectivity index (χ3n) is 6.76. The van der Waals surface area contributed by atoms with Crippen LogP contribution < -0.4 is 22.1 Å².